The summed E-state index contributed by atoms with van der Waals surface area (Å²) < 4.78 is 27.1. The van der Waals surface area contributed by atoms with Crippen LogP contribution in [0.5, 0.6) is 0 Å². The van der Waals surface area contributed by atoms with Crippen LogP contribution in [0.25, 0.3) is 0 Å². The van der Waals surface area contributed by atoms with Crippen LogP contribution in [0.3, 0.4) is 0 Å². The van der Waals surface area contributed by atoms with Crippen LogP contribution in [-0.4, -0.2) is 48.0 Å². The van der Waals surface area contributed by atoms with Crippen LogP contribution in [0.1, 0.15) is 212 Å². The number of hydrogen-bond donors (Lipinski definition) is 3. The Bertz CT molecular complexity index is 1880. The van der Waals surface area contributed by atoms with Crippen LogP contribution in [0, 0.1) is 0 Å². The molecule has 5 N–H and O–H groups in total. The first-order chi connectivity index (χ1) is 32.7. The molecule has 0 bridgehead atoms. The fourth-order valence-electron chi connectivity index (χ4n) is 7.90. The molecule has 1 heterocycles. The third-order valence-electron chi connectivity index (χ3n) is 12.9. The van der Waals surface area contributed by atoms with Crippen molar-refractivity contribution >= 4 is 7.82 Å². The summed E-state index contributed by atoms with van der Waals surface area (Å²) in [6.07, 6.45) is 43.3. The third kappa shape index (κ3) is 35.0. The Kier molecular flexibility index (Phi) is 35.1. The van der Waals surface area contributed by atoms with Gasteiger partial charge in [0.15, 0.2) is 6.29 Å². The fraction of sp³-hybridized carbons (Fsp3) is 0.633. The van der Waals surface area contributed by atoms with Gasteiger partial charge in [-0.2, -0.15) is 0 Å². The van der Waals surface area contributed by atoms with Crippen LogP contribution in [0.4, 0.5) is 0 Å². The Labute approximate surface area is 422 Å². The lowest BCUT2D eigenvalue weighted by atomic mass is 10.0. The first kappa shape index (κ1) is 64.1. The second-order valence-corrected chi connectivity index (χ2v) is 21.8. The SMILES string of the molecule is CC(C)=CCC/C(C)=C/CC/C(C)=C/CC/C(C)=C/CC/C(C)=C/CC/C(C)=C/CC/C(C)=C/CC/C(C)=C/CC/C(C)=C/CC/C(C)=C/CC/C(C)=C/COP(=O)([O-])O[C@@H]1OC[C@H]([NH3+])[C@H](O)[C@H]1O. The average molecular weight is 978 g/mol. The van der Waals surface area contributed by atoms with Crippen molar-refractivity contribution in [3.05, 3.63) is 128 Å². The van der Waals surface area contributed by atoms with Crippen molar-refractivity contribution in [2.24, 2.45) is 0 Å². The highest BCUT2D eigenvalue weighted by Gasteiger charge is 2.41. The predicted molar refractivity (Wildman–Crippen MR) is 292 cm³/mol. The Morgan fingerprint density at radius 3 is 0.971 bits per heavy atom. The van der Waals surface area contributed by atoms with Gasteiger partial charge in [-0.05, 0) is 212 Å². The zero-order chi connectivity index (χ0) is 51.6. The van der Waals surface area contributed by atoms with E-state index in [2.05, 4.69) is 143 Å². The van der Waals surface area contributed by atoms with Crippen molar-refractivity contribution in [3.63, 3.8) is 0 Å². The molecule has 1 unspecified atom stereocenters. The summed E-state index contributed by atoms with van der Waals surface area (Å²) in [6.45, 7) is 26.4. The van der Waals surface area contributed by atoms with Crippen LogP contribution in [0.2, 0.25) is 0 Å². The second-order valence-electron chi connectivity index (χ2n) is 20.5. The summed E-state index contributed by atoms with van der Waals surface area (Å²) in [6, 6.07) is -0.577. The number of allylic oxidation sites excluding steroid dienone is 21. The molecule has 9 heteroatoms. The van der Waals surface area contributed by atoms with Crippen LogP contribution >= 0.6 is 7.82 Å². The van der Waals surface area contributed by atoms with E-state index in [0.717, 1.165) is 121 Å². The number of rotatable bonds is 35. The summed E-state index contributed by atoms with van der Waals surface area (Å²) in [5.74, 6) is 0. The normalized spacial score (nSPS) is 21.0. The lowest BCUT2D eigenvalue weighted by molar-refractivity contribution is -0.468. The molecule has 0 radical (unpaired) electrons. The van der Waals surface area contributed by atoms with E-state index in [4.69, 9.17) is 13.8 Å². The molecule has 0 saturated carbocycles. The summed E-state index contributed by atoms with van der Waals surface area (Å²) in [5.41, 5.74) is 19.4. The predicted octanol–water partition coefficient (Wildman–Crippen LogP) is 15.4. The van der Waals surface area contributed by atoms with E-state index in [0.29, 0.717) is 0 Å². The summed E-state index contributed by atoms with van der Waals surface area (Å²) in [5, 5.41) is 19.9. The van der Waals surface area contributed by atoms with Gasteiger partial charge >= 0.3 is 0 Å². The minimum absolute atomic E-state index is 0.0329. The largest absolute Gasteiger partial charge is 0.756 e. The molecule has 0 spiro atoms. The number of aliphatic hydroxyl groups excluding tert-OH is 2. The van der Waals surface area contributed by atoms with Crippen molar-refractivity contribution in [1.29, 1.82) is 0 Å². The molecule has 1 saturated heterocycles. The number of phosphoric ester groups is 1. The number of hydrogen-bond acceptors (Lipinski definition) is 7. The lowest BCUT2D eigenvalue weighted by Crippen LogP contribution is -2.74. The van der Waals surface area contributed by atoms with Crippen molar-refractivity contribution in [2.75, 3.05) is 13.2 Å². The Hall–Kier alpha value is -2.91. The van der Waals surface area contributed by atoms with E-state index >= 15 is 0 Å². The van der Waals surface area contributed by atoms with E-state index < -0.39 is 32.4 Å². The van der Waals surface area contributed by atoms with Gasteiger partial charge in [0.2, 0.25) is 0 Å². The quantitative estimate of drug-likeness (QED) is 0.0425. The minimum Gasteiger partial charge on any atom is -0.756 e. The van der Waals surface area contributed by atoms with Gasteiger partial charge < -0.3 is 30.1 Å². The number of ether oxygens (including phenoxy) is 1. The van der Waals surface area contributed by atoms with E-state index in [1.807, 2.05) is 6.92 Å². The second kappa shape index (κ2) is 37.8. The van der Waals surface area contributed by atoms with E-state index in [1.54, 1.807) is 6.08 Å². The zero-order valence-corrected chi connectivity index (χ0v) is 46.7. The Morgan fingerprint density at radius 2 is 0.710 bits per heavy atom. The Morgan fingerprint density at radius 1 is 0.464 bits per heavy atom. The van der Waals surface area contributed by atoms with Gasteiger partial charge in [-0.15, -0.1) is 0 Å². The molecule has 69 heavy (non-hydrogen) atoms. The van der Waals surface area contributed by atoms with Crippen molar-refractivity contribution in [2.45, 2.75) is 236 Å². The minimum atomic E-state index is -4.74. The highest BCUT2D eigenvalue weighted by atomic mass is 31.2. The molecule has 0 aliphatic carbocycles. The van der Waals surface area contributed by atoms with Crippen molar-refractivity contribution in [1.82, 2.24) is 0 Å². The molecule has 0 aromatic heterocycles. The maximum absolute atomic E-state index is 12.2. The Balaban J connectivity index is 2.24. The molecular weight excluding hydrogens is 878 g/mol. The number of quaternary nitrogens is 1. The average Bonchev–Trinajstić information content (AvgIpc) is 3.26. The van der Waals surface area contributed by atoms with E-state index in [1.165, 1.54) is 68.6 Å². The van der Waals surface area contributed by atoms with E-state index in [-0.39, 0.29) is 13.2 Å². The van der Waals surface area contributed by atoms with Crippen LogP contribution in [-0.2, 0) is 18.3 Å². The molecule has 1 aliphatic rings. The molecule has 1 rings (SSSR count). The zero-order valence-electron chi connectivity index (χ0n) is 45.8. The fourth-order valence-corrected chi connectivity index (χ4v) is 8.66. The first-order valence-electron chi connectivity index (χ1n) is 26.3. The third-order valence-corrected chi connectivity index (χ3v) is 13.8. The van der Waals surface area contributed by atoms with Gasteiger partial charge in [0.05, 0.1) is 6.61 Å². The van der Waals surface area contributed by atoms with Crippen molar-refractivity contribution < 1.29 is 39.2 Å². The van der Waals surface area contributed by atoms with Gasteiger partial charge in [-0.25, -0.2) is 0 Å². The summed E-state index contributed by atoms with van der Waals surface area (Å²) >= 11 is 0. The number of aliphatic hydroxyl groups is 2. The topological polar surface area (TPSA) is 136 Å². The number of phosphoric acid groups is 1. The highest BCUT2D eigenvalue weighted by molar-refractivity contribution is 7.45. The smallest absolute Gasteiger partial charge is 0.270 e. The molecule has 0 aromatic carbocycles. The van der Waals surface area contributed by atoms with Crippen LogP contribution in [0.15, 0.2) is 128 Å². The standard InChI is InChI=1S/C60H100NO7P/c1-46(2)23-13-24-47(3)25-14-26-48(4)27-15-28-49(5)29-16-30-50(6)31-17-32-51(7)33-18-34-52(8)35-19-36-53(9)37-20-38-54(10)39-21-40-55(11)41-22-42-56(12)43-44-67-69(64,65)68-60-59(63)58(62)57(61)45-66-60/h23,25,27,29,31,33,35,37,39,41,43,57-60,62-63H,13-22,24,26,28,30,32,34,36,38,40,42,44-45,61H2,1-12H3,(H,64,65)/b47-25+,48-27+,49-29+,50-31+,51-33+,52-35+,53-37+,54-39+,55-41+,56-43+/t57-,58-,59+,60-/m0/s1. The maximum atomic E-state index is 12.2. The van der Waals surface area contributed by atoms with Crippen LogP contribution < -0.4 is 10.6 Å². The molecule has 1 aliphatic heterocycles. The van der Waals surface area contributed by atoms with Gasteiger partial charge in [0, 0.05) is 0 Å². The van der Waals surface area contributed by atoms with Crippen molar-refractivity contribution in [3.8, 4) is 0 Å². The molecule has 392 valence electrons. The van der Waals surface area contributed by atoms with Gasteiger partial charge in [-0.1, -0.05) is 128 Å². The first-order valence-corrected chi connectivity index (χ1v) is 27.8. The van der Waals surface area contributed by atoms with Gasteiger partial charge in [0.25, 0.3) is 7.82 Å². The highest BCUT2D eigenvalue weighted by Crippen LogP contribution is 2.41. The molecule has 8 nitrogen and oxygen atoms in total. The lowest BCUT2D eigenvalue weighted by Gasteiger charge is -2.36. The monoisotopic (exact) mass is 978 g/mol. The summed E-state index contributed by atoms with van der Waals surface area (Å²) in [7, 11) is -4.74. The van der Waals surface area contributed by atoms with Gasteiger partial charge in [-0.3, -0.25) is 9.09 Å². The molecule has 0 aromatic rings. The van der Waals surface area contributed by atoms with E-state index in [9.17, 15) is 19.7 Å². The molecule has 0 amide bonds. The maximum Gasteiger partial charge on any atom is 0.270 e. The molecule has 1 fully saturated rings. The van der Waals surface area contributed by atoms with Gasteiger partial charge in [0.1, 0.15) is 24.9 Å². The molecule has 5 atom stereocenters. The summed E-state index contributed by atoms with van der Waals surface area (Å²) in [4.78, 5) is 12.2. The molecular formula is C60H100NO7P.